The van der Waals surface area contributed by atoms with Gasteiger partial charge < -0.3 is 9.84 Å². The van der Waals surface area contributed by atoms with Gasteiger partial charge in [-0.05, 0) is 6.92 Å². The number of carbonyl (C=O) groups is 2. The number of ether oxygens (including phenoxy) is 1. The summed E-state index contributed by atoms with van der Waals surface area (Å²) in [6.45, 7) is 4.82. The minimum absolute atomic E-state index is 0.257. The largest absolute Gasteiger partial charge is 0.481 e. The van der Waals surface area contributed by atoms with Crippen LogP contribution in [0.25, 0.3) is 0 Å². The Morgan fingerprint density at radius 3 is 2.33 bits per heavy atom. The molecule has 6 nitrogen and oxygen atoms in total. The van der Waals surface area contributed by atoms with Gasteiger partial charge in [-0.25, -0.2) is 4.68 Å². The number of methoxy groups -OCH3 is 1. The molecule has 1 N–H and O–H groups in total. The number of carbonyl (C=O) groups excluding carboxylic acids is 1. The third kappa shape index (κ3) is 2.37. The van der Waals surface area contributed by atoms with Crippen LogP contribution in [0.1, 0.15) is 29.9 Å². The van der Waals surface area contributed by atoms with Gasteiger partial charge in [0.25, 0.3) is 0 Å². The van der Waals surface area contributed by atoms with Gasteiger partial charge in [-0.3, -0.25) is 9.59 Å². The molecule has 1 aromatic heterocycles. The molecule has 0 saturated carbocycles. The highest BCUT2D eigenvalue weighted by molar-refractivity contribution is 6.02. The molecule has 0 aliphatic rings. The van der Waals surface area contributed by atoms with E-state index < -0.39 is 17.8 Å². The number of aromatic nitrogens is 2. The van der Waals surface area contributed by atoms with Gasteiger partial charge in [-0.15, -0.1) is 0 Å². The molecule has 0 aromatic carbocycles. The van der Waals surface area contributed by atoms with E-state index >= 15 is 0 Å². The summed E-state index contributed by atoms with van der Waals surface area (Å²) < 4.78 is 6.61. The van der Waals surface area contributed by atoms with Gasteiger partial charge in [-0.2, -0.15) is 5.10 Å². The Kier molecular flexibility index (Phi) is 4.11. The van der Waals surface area contributed by atoms with Crippen molar-refractivity contribution < 1.29 is 19.4 Å². The third-order valence-corrected chi connectivity index (χ3v) is 3.16. The molecule has 0 fully saturated rings. The van der Waals surface area contributed by atoms with Gasteiger partial charge in [0.05, 0.1) is 18.7 Å². The number of hydrogen-bond donors (Lipinski definition) is 1. The van der Waals surface area contributed by atoms with E-state index in [0.717, 1.165) is 0 Å². The van der Waals surface area contributed by atoms with Crippen LogP contribution in [0.5, 0.6) is 5.88 Å². The summed E-state index contributed by atoms with van der Waals surface area (Å²) in [7, 11) is 3.13. The number of aryl methyl sites for hydroxylation is 2. The Labute approximate surface area is 106 Å². The fraction of sp³-hybridized carbons (Fsp3) is 0.583. The van der Waals surface area contributed by atoms with Crippen molar-refractivity contribution >= 4 is 11.8 Å². The van der Waals surface area contributed by atoms with Crippen LogP contribution in [0.15, 0.2) is 0 Å². The van der Waals surface area contributed by atoms with Gasteiger partial charge in [0.1, 0.15) is 5.56 Å². The van der Waals surface area contributed by atoms with Crippen LogP contribution in [0.4, 0.5) is 0 Å². The Morgan fingerprint density at radius 1 is 1.33 bits per heavy atom. The summed E-state index contributed by atoms with van der Waals surface area (Å²) in [5.41, 5.74) is 0.907. The molecule has 0 radical (unpaired) electrons. The van der Waals surface area contributed by atoms with Crippen LogP contribution in [0, 0.1) is 18.8 Å². The van der Waals surface area contributed by atoms with E-state index in [1.807, 2.05) is 0 Å². The predicted molar refractivity (Wildman–Crippen MR) is 64.8 cm³/mol. The predicted octanol–water partition coefficient (Wildman–Crippen LogP) is 1.28. The van der Waals surface area contributed by atoms with Crippen LogP contribution in [-0.4, -0.2) is 33.7 Å². The Balaban J connectivity index is 3.15. The number of aliphatic carboxylic acids is 1. The van der Waals surface area contributed by atoms with Crippen LogP contribution in [0.2, 0.25) is 0 Å². The molecule has 0 amide bonds. The number of hydrogen-bond acceptors (Lipinski definition) is 4. The highest BCUT2D eigenvalue weighted by Crippen LogP contribution is 2.27. The Bertz CT molecular complexity index is 479. The summed E-state index contributed by atoms with van der Waals surface area (Å²) in [6, 6.07) is 0. The van der Waals surface area contributed by atoms with Crippen molar-refractivity contribution in [3.63, 3.8) is 0 Å². The first-order valence-corrected chi connectivity index (χ1v) is 5.65. The van der Waals surface area contributed by atoms with Crippen molar-refractivity contribution in [3.8, 4) is 5.88 Å². The lowest BCUT2D eigenvalue weighted by molar-refractivity contribution is -0.142. The molecule has 6 heteroatoms. The summed E-state index contributed by atoms with van der Waals surface area (Å²) >= 11 is 0. The van der Waals surface area contributed by atoms with Gasteiger partial charge in [-0.1, -0.05) is 13.8 Å². The zero-order chi connectivity index (χ0) is 14.0. The minimum atomic E-state index is -0.989. The van der Waals surface area contributed by atoms with Crippen LogP contribution in [-0.2, 0) is 11.8 Å². The summed E-state index contributed by atoms with van der Waals surface area (Å²) in [5.74, 6) is -2.26. The van der Waals surface area contributed by atoms with E-state index in [1.54, 1.807) is 20.9 Å². The molecule has 0 bridgehead atoms. The molecular formula is C12H18N2O4. The maximum absolute atomic E-state index is 12.3. The summed E-state index contributed by atoms with van der Waals surface area (Å²) in [4.78, 5) is 23.2. The topological polar surface area (TPSA) is 81.4 Å². The average Bonchev–Trinajstić information content (AvgIpc) is 2.60. The maximum Gasteiger partial charge on any atom is 0.306 e. The summed E-state index contributed by atoms with van der Waals surface area (Å²) in [5, 5.41) is 13.1. The van der Waals surface area contributed by atoms with E-state index in [0.29, 0.717) is 17.1 Å². The molecule has 1 rings (SSSR count). The lowest BCUT2D eigenvalue weighted by Crippen LogP contribution is -2.26. The third-order valence-electron chi connectivity index (χ3n) is 3.16. The second kappa shape index (κ2) is 5.20. The van der Waals surface area contributed by atoms with Crippen LogP contribution < -0.4 is 4.74 Å². The molecule has 0 aliphatic carbocycles. The average molecular weight is 254 g/mol. The van der Waals surface area contributed by atoms with Crippen LogP contribution >= 0.6 is 0 Å². The van der Waals surface area contributed by atoms with Gasteiger partial charge in [0.2, 0.25) is 5.88 Å². The molecule has 1 aromatic rings. The zero-order valence-electron chi connectivity index (χ0n) is 11.2. The van der Waals surface area contributed by atoms with E-state index in [2.05, 4.69) is 5.10 Å². The molecule has 0 saturated heterocycles. The van der Waals surface area contributed by atoms with Crippen molar-refractivity contribution in [3.05, 3.63) is 11.3 Å². The smallest absolute Gasteiger partial charge is 0.306 e. The SMILES string of the molecule is COc1c(C(=O)C(C)C(C)C(=O)O)c(C)nn1C. The fourth-order valence-electron chi connectivity index (χ4n) is 1.82. The molecule has 18 heavy (non-hydrogen) atoms. The van der Waals surface area contributed by atoms with E-state index in [1.165, 1.54) is 18.7 Å². The molecule has 1 heterocycles. The molecule has 0 spiro atoms. The lowest BCUT2D eigenvalue weighted by Gasteiger charge is -2.15. The second-order valence-electron chi connectivity index (χ2n) is 4.37. The van der Waals surface area contributed by atoms with Crippen LogP contribution in [0.3, 0.4) is 0 Å². The standard InChI is InChI=1S/C12H18N2O4/c1-6(7(2)12(16)17)10(15)9-8(3)13-14(4)11(9)18-5/h6-7H,1-5H3,(H,16,17). The minimum Gasteiger partial charge on any atom is -0.481 e. The van der Waals surface area contributed by atoms with Crippen molar-refractivity contribution in [2.45, 2.75) is 20.8 Å². The molecule has 2 atom stereocenters. The number of Topliss-reactive ketones (excluding diaryl/α,β-unsaturated/α-hetero) is 1. The monoisotopic (exact) mass is 254 g/mol. The number of ketones is 1. The molecule has 2 unspecified atom stereocenters. The number of carboxylic acid groups (broad SMARTS) is 1. The second-order valence-corrected chi connectivity index (χ2v) is 4.37. The molecular weight excluding hydrogens is 236 g/mol. The van der Waals surface area contributed by atoms with Crippen molar-refractivity contribution in [1.82, 2.24) is 9.78 Å². The highest BCUT2D eigenvalue weighted by atomic mass is 16.5. The Morgan fingerprint density at radius 2 is 1.89 bits per heavy atom. The van der Waals surface area contributed by atoms with Gasteiger partial charge in [0.15, 0.2) is 5.78 Å². The van der Waals surface area contributed by atoms with Crippen molar-refractivity contribution in [2.75, 3.05) is 7.11 Å². The first-order chi connectivity index (χ1) is 8.31. The number of rotatable bonds is 5. The summed E-state index contributed by atoms with van der Waals surface area (Å²) in [6.07, 6.45) is 0. The normalized spacial score (nSPS) is 14.1. The quantitative estimate of drug-likeness (QED) is 0.800. The Hall–Kier alpha value is -1.85. The fourth-order valence-corrected chi connectivity index (χ4v) is 1.82. The lowest BCUT2D eigenvalue weighted by atomic mass is 9.88. The first kappa shape index (κ1) is 14.2. The number of carboxylic acids is 1. The van der Waals surface area contributed by atoms with Gasteiger partial charge in [0, 0.05) is 13.0 Å². The van der Waals surface area contributed by atoms with Crippen molar-refractivity contribution in [1.29, 1.82) is 0 Å². The maximum atomic E-state index is 12.3. The highest BCUT2D eigenvalue weighted by Gasteiger charge is 2.31. The first-order valence-electron chi connectivity index (χ1n) is 5.65. The molecule has 0 aliphatic heterocycles. The van der Waals surface area contributed by atoms with E-state index in [9.17, 15) is 9.59 Å². The van der Waals surface area contributed by atoms with Crippen molar-refractivity contribution in [2.24, 2.45) is 18.9 Å². The van der Waals surface area contributed by atoms with Gasteiger partial charge >= 0.3 is 5.97 Å². The number of nitrogens with zero attached hydrogens (tertiary/aromatic N) is 2. The zero-order valence-corrected chi connectivity index (χ0v) is 11.2. The van der Waals surface area contributed by atoms with E-state index in [4.69, 9.17) is 9.84 Å². The molecule has 100 valence electrons. The van der Waals surface area contributed by atoms with E-state index in [-0.39, 0.29) is 5.78 Å².